The second kappa shape index (κ2) is 6.76. The van der Waals surface area contributed by atoms with Crippen molar-refractivity contribution < 1.29 is 4.74 Å². The minimum atomic E-state index is 0.278. The van der Waals surface area contributed by atoms with Gasteiger partial charge in [0.1, 0.15) is 11.5 Å². The number of fused-ring (bicyclic) bond motifs is 1. The Bertz CT molecular complexity index is 1130. The van der Waals surface area contributed by atoms with Crippen LogP contribution >= 0.6 is 0 Å². The molecule has 1 aliphatic heterocycles. The van der Waals surface area contributed by atoms with Gasteiger partial charge in [0.25, 0.3) is 0 Å². The van der Waals surface area contributed by atoms with E-state index in [1.165, 1.54) is 0 Å². The molecule has 5 heterocycles. The molecule has 5 rings (SSSR count). The van der Waals surface area contributed by atoms with Gasteiger partial charge in [-0.25, -0.2) is 9.97 Å². The number of aromatic amines is 1. The molecule has 0 aliphatic carbocycles. The lowest BCUT2D eigenvalue weighted by molar-refractivity contribution is 0.0985. The highest BCUT2D eigenvalue weighted by molar-refractivity contribution is 5.92. The molecule has 142 valence electrons. The van der Waals surface area contributed by atoms with Crippen LogP contribution in [0.4, 0.5) is 5.82 Å². The molecule has 0 aromatic carbocycles. The van der Waals surface area contributed by atoms with Crippen molar-refractivity contribution in [3.63, 3.8) is 0 Å². The number of hydrogen-bond acceptors (Lipinski definition) is 5. The average molecular weight is 374 g/mol. The number of morpholine rings is 1. The molecule has 28 heavy (non-hydrogen) atoms. The summed E-state index contributed by atoms with van der Waals surface area (Å²) in [6.07, 6.45) is 5.56. The number of aromatic nitrogens is 5. The van der Waals surface area contributed by atoms with Gasteiger partial charge < -0.3 is 14.6 Å². The van der Waals surface area contributed by atoms with Gasteiger partial charge in [-0.1, -0.05) is 0 Å². The van der Waals surface area contributed by atoms with Crippen molar-refractivity contribution in [2.24, 2.45) is 7.05 Å². The van der Waals surface area contributed by atoms with Crippen LogP contribution in [0.5, 0.6) is 0 Å². The zero-order chi connectivity index (χ0) is 19.1. The maximum Gasteiger partial charge on any atom is 0.137 e. The molecule has 7 heteroatoms. The highest BCUT2D eigenvalue weighted by atomic mass is 16.5. The zero-order valence-corrected chi connectivity index (χ0v) is 16.0. The van der Waals surface area contributed by atoms with Crippen molar-refractivity contribution >= 4 is 16.9 Å². The first kappa shape index (κ1) is 16.9. The molecule has 0 bridgehead atoms. The van der Waals surface area contributed by atoms with Crippen LogP contribution in [-0.2, 0) is 11.8 Å². The Labute approximate surface area is 163 Å². The molecule has 1 saturated heterocycles. The molecule has 0 spiro atoms. The van der Waals surface area contributed by atoms with Crippen LogP contribution in [0.3, 0.4) is 0 Å². The maximum absolute atomic E-state index is 5.62. The molecule has 4 aromatic rings. The monoisotopic (exact) mass is 374 g/mol. The normalized spacial score (nSPS) is 17.4. The molecule has 0 amide bonds. The van der Waals surface area contributed by atoms with Crippen LogP contribution in [0.1, 0.15) is 6.92 Å². The summed E-state index contributed by atoms with van der Waals surface area (Å²) in [5.74, 6) is 0.963. The number of ether oxygens (including phenoxy) is 1. The van der Waals surface area contributed by atoms with Crippen molar-refractivity contribution in [2.75, 3.05) is 24.7 Å². The van der Waals surface area contributed by atoms with Crippen molar-refractivity contribution in [2.45, 2.75) is 13.0 Å². The first-order valence-electron chi connectivity index (χ1n) is 9.48. The predicted molar refractivity (Wildman–Crippen MR) is 109 cm³/mol. The van der Waals surface area contributed by atoms with Crippen LogP contribution in [0.2, 0.25) is 0 Å². The van der Waals surface area contributed by atoms with Gasteiger partial charge in [0.2, 0.25) is 0 Å². The number of nitrogens with one attached hydrogen (secondary N) is 1. The van der Waals surface area contributed by atoms with Gasteiger partial charge in [-0.05, 0) is 37.3 Å². The standard InChI is InChI=1S/C21H22N6O/c1-14-13-28-10-9-27(14)20-12-15(19-5-8-24-26(19)2)11-18(25-20)16-3-6-22-21-17(16)4-7-23-21/h3-8,11-12,14H,9-10,13H2,1-2H3,(H,22,23). The quantitative estimate of drug-likeness (QED) is 0.596. The Morgan fingerprint density at radius 2 is 2.11 bits per heavy atom. The minimum absolute atomic E-state index is 0.278. The molecular weight excluding hydrogens is 352 g/mol. The molecule has 0 radical (unpaired) electrons. The second-order valence-electron chi connectivity index (χ2n) is 7.16. The summed E-state index contributed by atoms with van der Waals surface area (Å²) in [6, 6.07) is 10.7. The number of H-pyrrole nitrogens is 1. The Morgan fingerprint density at radius 1 is 1.18 bits per heavy atom. The topological polar surface area (TPSA) is 71.9 Å². The zero-order valence-electron chi connectivity index (χ0n) is 16.0. The van der Waals surface area contributed by atoms with Crippen LogP contribution < -0.4 is 4.90 Å². The number of pyridine rings is 2. The van der Waals surface area contributed by atoms with E-state index in [1.54, 1.807) is 0 Å². The minimum Gasteiger partial charge on any atom is -0.377 e. The van der Waals surface area contributed by atoms with E-state index >= 15 is 0 Å². The highest BCUT2D eigenvalue weighted by Crippen LogP contribution is 2.32. The fraction of sp³-hybridized carbons (Fsp3) is 0.286. The summed E-state index contributed by atoms with van der Waals surface area (Å²) in [7, 11) is 1.96. The fourth-order valence-electron chi connectivity index (χ4n) is 3.86. The van der Waals surface area contributed by atoms with Gasteiger partial charge in [-0.2, -0.15) is 5.10 Å². The van der Waals surface area contributed by atoms with Crippen LogP contribution in [-0.4, -0.2) is 50.5 Å². The Kier molecular flexibility index (Phi) is 4.09. The van der Waals surface area contributed by atoms with Gasteiger partial charge in [-0.3, -0.25) is 4.68 Å². The summed E-state index contributed by atoms with van der Waals surface area (Å²) in [5.41, 5.74) is 5.02. The molecule has 0 saturated carbocycles. The van der Waals surface area contributed by atoms with Crippen molar-refractivity contribution in [1.29, 1.82) is 0 Å². The number of nitrogens with zero attached hydrogens (tertiary/aromatic N) is 5. The summed E-state index contributed by atoms with van der Waals surface area (Å²) < 4.78 is 7.51. The third-order valence-corrected chi connectivity index (χ3v) is 5.33. The highest BCUT2D eigenvalue weighted by Gasteiger charge is 2.22. The molecule has 4 aromatic heterocycles. The number of hydrogen-bond donors (Lipinski definition) is 1. The molecule has 1 N–H and O–H groups in total. The van der Waals surface area contributed by atoms with E-state index in [-0.39, 0.29) is 6.04 Å². The van der Waals surface area contributed by atoms with Crippen LogP contribution in [0.25, 0.3) is 33.5 Å². The first-order valence-corrected chi connectivity index (χ1v) is 9.48. The largest absolute Gasteiger partial charge is 0.377 e. The SMILES string of the molecule is CC1COCCN1c1cc(-c2ccnn2C)cc(-c2ccnc3[nH]ccc23)n1. The Morgan fingerprint density at radius 3 is 2.93 bits per heavy atom. The third-order valence-electron chi connectivity index (χ3n) is 5.33. The second-order valence-corrected chi connectivity index (χ2v) is 7.16. The molecule has 7 nitrogen and oxygen atoms in total. The first-order chi connectivity index (χ1) is 13.7. The predicted octanol–water partition coefficient (Wildman–Crippen LogP) is 3.25. The maximum atomic E-state index is 5.62. The van der Waals surface area contributed by atoms with Crippen molar-refractivity contribution in [3.05, 3.63) is 48.9 Å². The summed E-state index contributed by atoms with van der Waals surface area (Å²) in [6.45, 7) is 4.44. The van der Waals surface area contributed by atoms with Crippen molar-refractivity contribution in [3.8, 4) is 22.5 Å². The van der Waals surface area contributed by atoms with Gasteiger partial charge in [0.05, 0.1) is 30.6 Å². The van der Waals surface area contributed by atoms with E-state index in [0.29, 0.717) is 13.2 Å². The average Bonchev–Trinajstić information content (AvgIpc) is 3.36. The van der Waals surface area contributed by atoms with E-state index in [1.807, 2.05) is 48.5 Å². The fourth-order valence-corrected chi connectivity index (χ4v) is 3.86. The lowest BCUT2D eigenvalue weighted by Crippen LogP contribution is -2.44. The van der Waals surface area contributed by atoms with Crippen LogP contribution in [0, 0.1) is 0 Å². The molecule has 1 unspecified atom stereocenters. The van der Waals surface area contributed by atoms with Crippen LogP contribution in [0.15, 0.2) is 48.9 Å². The summed E-state index contributed by atoms with van der Waals surface area (Å²) in [4.78, 5) is 15.0. The van der Waals surface area contributed by atoms with Gasteiger partial charge >= 0.3 is 0 Å². The molecule has 1 fully saturated rings. The van der Waals surface area contributed by atoms with E-state index in [4.69, 9.17) is 9.72 Å². The Hall–Kier alpha value is -3.19. The van der Waals surface area contributed by atoms with Gasteiger partial charge in [0, 0.05) is 48.7 Å². The lowest BCUT2D eigenvalue weighted by Gasteiger charge is -2.34. The van der Waals surface area contributed by atoms with E-state index in [9.17, 15) is 0 Å². The lowest BCUT2D eigenvalue weighted by atomic mass is 10.0. The van der Waals surface area contributed by atoms with Gasteiger partial charge in [0.15, 0.2) is 0 Å². The molecule has 1 atom stereocenters. The number of aryl methyl sites for hydroxylation is 1. The number of anilines is 1. The summed E-state index contributed by atoms with van der Waals surface area (Å²) in [5, 5.41) is 5.41. The summed E-state index contributed by atoms with van der Waals surface area (Å²) >= 11 is 0. The van der Waals surface area contributed by atoms with Gasteiger partial charge in [-0.15, -0.1) is 0 Å². The third kappa shape index (κ3) is 2.84. The van der Waals surface area contributed by atoms with Crippen molar-refractivity contribution in [1.82, 2.24) is 24.7 Å². The van der Waals surface area contributed by atoms with E-state index < -0.39 is 0 Å². The number of rotatable bonds is 3. The van der Waals surface area contributed by atoms with E-state index in [2.05, 4.69) is 39.0 Å². The molecule has 1 aliphatic rings. The van der Waals surface area contributed by atoms with E-state index in [0.717, 1.165) is 45.9 Å². The smallest absolute Gasteiger partial charge is 0.137 e. The molecular formula is C21H22N6O. The Balaban J connectivity index is 1.71.